The molecule has 1 amide bonds. The summed E-state index contributed by atoms with van der Waals surface area (Å²) in [5, 5.41) is 0. The number of benzene rings is 2. The van der Waals surface area contributed by atoms with E-state index in [1.54, 1.807) is 47.4 Å². The number of sulfonamides is 1. The van der Waals surface area contributed by atoms with Crippen LogP contribution in [0.25, 0.3) is 0 Å². The third kappa shape index (κ3) is 5.00. The maximum absolute atomic E-state index is 13.0. The summed E-state index contributed by atoms with van der Waals surface area (Å²) in [4.78, 5) is 14.8. The van der Waals surface area contributed by atoms with E-state index in [0.29, 0.717) is 49.8 Å². The van der Waals surface area contributed by atoms with Crippen molar-refractivity contribution >= 4 is 15.9 Å². The second-order valence-electron chi connectivity index (χ2n) is 7.23. The average molecular weight is 433 g/mol. The Labute approximate surface area is 178 Å². The van der Waals surface area contributed by atoms with Gasteiger partial charge in [0.1, 0.15) is 5.75 Å². The number of hydrogen-bond acceptors (Lipinski definition) is 5. The number of nitrogens with zero attached hydrogens (tertiary/aromatic N) is 2. The van der Waals surface area contributed by atoms with E-state index < -0.39 is 10.0 Å². The van der Waals surface area contributed by atoms with Gasteiger partial charge in [0.15, 0.2) is 0 Å². The molecule has 3 rings (SSSR count). The van der Waals surface area contributed by atoms with Crippen LogP contribution in [-0.2, 0) is 21.3 Å². The first-order chi connectivity index (χ1) is 14.3. The van der Waals surface area contributed by atoms with E-state index in [1.807, 2.05) is 13.8 Å². The van der Waals surface area contributed by atoms with Crippen LogP contribution in [0.5, 0.6) is 5.75 Å². The minimum atomic E-state index is -3.67. The van der Waals surface area contributed by atoms with Gasteiger partial charge in [-0.05, 0) is 44.2 Å². The van der Waals surface area contributed by atoms with Crippen LogP contribution < -0.4 is 4.74 Å². The molecule has 0 atom stereocenters. The van der Waals surface area contributed by atoms with Crippen molar-refractivity contribution in [2.75, 3.05) is 40.0 Å². The van der Waals surface area contributed by atoms with Gasteiger partial charge in [-0.15, -0.1) is 0 Å². The highest BCUT2D eigenvalue weighted by molar-refractivity contribution is 7.89. The van der Waals surface area contributed by atoms with Gasteiger partial charge in [-0.3, -0.25) is 4.79 Å². The lowest BCUT2D eigenvalue weighted by Gasteiger charge is -2.27. The Bertz CT molecular complexity index is 983. The predicted molar refractivity (Wildman–Crippen MR) is 114 cm³/mol. The molecule has 0 radical (unpaired) electrons. The molecule has 162 valence electrons. The second kappa shape index (κ2) is 9.59. The second-order valence-corrected chi connectivity index (χ2v) is 9.28. The maximum atomic E-state index is 13.0. The molecule has 0 N–H and O–H groups in total. The van der Waals surface area contributed by atoms with Crippen LogP contribution >= 0.6 is 0 Å². The SMILES string of the molecule is CCOc1ccc(C(=O)N2CCOCC2)cc1CN(C)S(=O)(=O)c1ccc(C)cc1. The molecule has 0 unspecified atom stereocenters. The number of rotatable bonds is 7. The fraction of sp³-hybridized carbons (Fsp3) is 0.409. The molecule has 2 aromatic carbocycles. The van der Waals surface area contributed by atoms with Crippen molar-refractivity contribution in [1.29, 1.82) is 0 Å². The van der Waals surface area contributed by atoms with Crippen molar-refractivity contribution in [1.82, 2.24) is 9.21 Å². The Morgan fingerprint density at radius 1 is 1.13 bits per heavy atom. The molecule has 0 aliphatic carbocycles. The van der Waals surface area contributed by atoms with Gasteiger partial charge in [0, 0.05) is 37.8 Å². The summed E-state index contributed by atoms with van der Waals surface area (Å²) in [7, 11) is -2.14. The zero-order valence-corrected chi connectivity index (χ0v) is 18.4. The smallest absolute Gasteiger partial charge is 0.254 e. The molecule has 30 heavy (non-hydrogen) atoms. The maximum Gasteiger partial charge on any atom is 0.254 e. The summed E-state index contributed by atoms with van der Waals surface area (Å²) in [5.74, 6) is 0.480. The van der Waals surface area contributed by atoms with E-state index in [1.165, 1.54) is 11.4 Å². The largest absolute Gasteiger partial charge is 0.494 e. The molecule has 1 aliphatic rings. The monoisotopic (exact) mass is 432 g/mol. The molecule has 8 heteroatoms. The molecule has 1 heterocycles. The molecule has 0 saturated carbocycles. The molecule has 2 aromatic rings. The van der Waals surface area contributed by atoms with Gasteiger partial charge in [-0.2, -0.15) is 4.31 Å². The predicted octanol–water partition coefficient (Wildman–Crippen LogP) is 2.69. The Balaban J connectivity index is 1.87. The van der Waals surface area contributed by atoms with Crippen molar-refractivity contribution < 1.29 is 22.7 Å². The van der Waals surface area contributed by atoms with E-state index in [-0.39, 0.29) is 17.3 Å². The molecule has 1 aliphatic heterocycles. The van der Waals surface area contributed by atoms with Crippen LogP contribution in [0.1, 0.15) is 28.4 Å². The number of ether oxygens (including phenoxy) is 2. The topological polar surface area (TPSA) is 76.2 Å². The van der Waals surface area contributed by atoms with E-state index in [9.17, 15) is 13.2 Å². The first-order valence-electron chi connectivity index (χ1n) is 9.98. The molecule has 7 nitrogen and oxygen atoms in total. The number of carbonyl (C=O) groups excluding carboxylic acids is 1. The number of amides is 1. The summed E-state index contributed by atoms with van der Waals surface area (Å²) in [6.07, 6.45) is 0. The Hall–Kier alpha value is -2.42. The number of aryl methyl sites for hydroxylation is 1. The van der Waals surface area contributed by atoms with Crippen molar-refractivity contribution in [3.8, 4) is 5.75 Å². The summed E-state index contributed by atoms with van der Waals surface area (Å²) >= 11 is 0. The lowest BCUT2D eigenvalue weighted by molar-refractivity contribution is 0.0303. The van der Waals surface area contributed by atoms with E-state index in [0.717, 1.165) is 5.56 Å². The third-order valence-electron chi connectivity index (χ3n) is 5.03. The van der Waals surface area contributed by atoms with Gasteiger partial charge in [0.25, 0.3) is 5.91 Å². The Morgan fingerprint density at radius 3 is 2.43 bits per heavy atom. The van der Waals surface area contributed by atoms with Crippen LogP contribution in [-0.4, -0.2) is 63.5 Å². The lowest BCUT2D eigenvalue weighted by atomic mass is 10.1. The van der Waals surface area contributed by atoms with Crippen molar-refractivity contribution in [3.63, 3.8) is 0 Å². The van der Waals surface area contributed by atoms with Crippen LogP contribution in [0, 0.1) is 6.92 Å². The van der Waals surface area contributed by atoms with Crippen LogP contribution in [0.3, 0.4) is 0 Å². The Morgan fingerprint density at radius 2 is 1.80 bits per heavy atom. The first-order valence-corrected chi connectivity index (χ1v) is 11.4. The van der Waals surface area contributed by atoms with Crippen molar-refractivity contribution in [3.05, 3.63) is 59.2 Å². The first kappa shape index (κ1) is 22.3. The van der Waals surface area contributed by atoms with Gasteiger partial charge < -0.3 is 14.4 Å². The number of morpholine rings is 1. The van der Waals surface area contributed by atoms with Crippen LogP contribution in [0.15, 0.2) is 47.4 Å². The zero-order valence-electron chi connectivity index (χ0n) is 17.6. The highest BCUT2D eigenvalue weighted by Crippen LogP contribution is 2.25. The standard InChI is InChI=1S/C22H28N2O5S/c1-4-29-21-10-7-18(22(25)24-11-13-28-14-12-24)15-19(21)16-23(3)30(26,27)20-8-5-17(2)6-9-20/h5-10,15H,4,11-14,16H2,1-3H3. The highest BCUT2D eigenvalue weighted by Gasteiger charge is 2.24. The fourth-order valence-electron chi connectivity index (χ4n) is 3.30. The molecule has 0 spiro atoms. The highest BCUT2D eigenvalue weighted by atomic mass is 32.2. The van der Waals surface area contributed by atoms with Gasteiger partial charge in [0.2, 0.25) is 10.0 Å². The molecular formula is C22H28N2O5S. The minimum Gasteiger partial charge on any atom is -0.494 e. The lowest BCUT2D eigenvalue weighted by Crippen LogP contribution is -2.40. The average Bonchev–Trinajstić information content (AvgIpc) is 2.75. The van der Waals surface area contributed by atoms with E-state index in [2.05, 4.69) is 0 Å². The minimum absolute atomic E-state index is 0.0911. The Kier molecular flexibility index (Phi) is 7.12. The quantitative estimate of drug-likeness (QED) is 0.672. The normalized spacial score (nSPS) is 14.7. The summed E-state index contributed by atoms with van der Waals surface area (Å²) in [5.41, 5.74) is 2.15. The molecule has 1 fully saturated rings. The van der Waals surface area contributed by atoms with Gasteiger partial charge in [-0.25, -0.2) is 8.42 Å². The third-order valence-corrected chi connectivity index (χ3v) is 6.85. The van der Waals surface area contributed by atoms with E-state index in [4.69, 9.17) is 9.47 Å². The van der Waals surface area contributed by atoms with Gasteiger partial charge >= 0.3 is 0 Å². The molecule has 0 bridgehead atoms. The summed E-state index contributed by atoms with van der Waals surface area (Å²) < 4.78 is 38.2. The molecule has 1 saturated heterocycles. The van der Waals surface area contributed by atoms with Crippen molar-refractivity contribution in [2.24, 2.45) is 0 Å². The van der Waals surface area contributed by atoms with Gasteiger partial charge in [0.05, 0.1) is 24.7 Å². The summed E-state index contributed by atoms with van der Waals surface area (Å²) in [6, 6.07) is 11.9. The van der Waals surface area contributed by atoms with E-state index >= 15 is 0 Å². The number of carbonyl (C=O) groups is 1. The molecule has 0 aromatic heterocycles. The number of hydrogen-bond donors (Lipinski definition) is 0. The van der Waals surface area contributed by atoms with Crippen LogP contribution in [0.4, 0.5) is 0 Å². The zero-order chi connectivity index (χ0) is 21.7. The summed E-state index contributed by atoms with van der Waals surface area (Å²) in [6.45, 7) is 6.44. The van der Waals surface area contributed by atoms with Crippen LogP contribution in [0.2, 0.25) is 0 Å². The van der Waals surface area contributed by atoms with Crippen molar-refractivity contribution in [2.45, 2.75) is 25.3 Å². The van der Waals surface area contributed by atoms with Gasteiger partial charge in [-0.1, -0.05) is 17.7 Å². The molecular weight excluding hydrogens is 404 g/mol. The fourth-order valence-corrected chi connectivity index (χ4v) is 4.45.